The normalized spacial score (nSPS) is 12.1. The van der Waals surface area contributed by atoms with Crippen molar-refractivity contribution in [3.63, 3.8) is 0 Å². The smallest absolute Gasteiger partial charge is 0.243 e. The Kier molecular flexibility index (Phi) is 12.7. The van der Waals surface area contributed by atoms with Crippen LogP contribution in [0.25, 0.3) is 0 Å². The van der Waals surface area contributed by atoms with Gasteiger partial charge in [-0.05, 0) is 47.7 Å². The van der Waals surface area contributed by atoms with Crippen LogP contribution in [0.5, 0.6) is 5.75 Å². The molecular formula is C32H39Cl2N3O5S. The highest BCUT2D eigenvalue weighted by Crippen LogP contribution is 2.26. The number of hydrogen-bond donors (Lipinski definition) is 1. The van der Waals surface area contributed by atoms with E-state index in [1.165, 1.54) is 16.3 Å². The summed E-state index contributed by atoms with van der Waals surface area (Å²) in [7, 11) is -2.14. The minimum absolute atomic E-state index is 0.00392. The fourth-order valence-electron chi connectivity index (χ4n) is 4.58. The number of carbonyl (C=O) groups is 2. The Labute approximate surface area is 265 Å². The second-order valence-corrected chi connectivity index (χ2v) is 13.5. The molecule has 0 aromatic heterocycles. The standard InChI is InChI=1S/C32H39Cl2N3O5S/c1-23(2)21-35-32(39)30(18-24-10-6-5-7-11-24)36(22-25-15-16-26(33)19-29(25)34)31(38)14-9-17-37(43(4,40)41)27-12-8-13-28(20-27)42-3/h5-8,10-13,15-16,19-20,23,30H,9,14,17-18,21-22H2,1-4H3,(H,35,39)/t30-/m0/s1. The first kappa shape index (κ1) is 34.2. The molecule has 0 radical (unpaired) electrons. The minimum Gasteiger partial charge on any atom is -0.497 e. The van der Waals surface area contributed by atoms with Crippen molar-refractivity contribution in [2.75, 3.05) is 30.8 Å². The summed E-state index contributed by atoms with van der Waals surface area (Å²) in [5, 5.41) is 3.83. The third-order valence-corrected chi connectivity index (χ3v) is 8.59. The van der Waals surface area contributed by atoms with Gasteiger partial charge in [0.1, 0.15) is 11.8 Å². The molecule has 3 rings (SSSR count). The molecule has 0 aliphatic heterocycles. The number of amides is 2. The molecule has 8 nitrogen and oxygen atoms in total. The molecule has 0 saturated heterocycles. The minimum atomic E-state index is -3.65. The molecule has 0 spiro atoms. The monoisotopic (exact) mass is 647 g/mol. The number of nitrogens with zero attached hydrogens (tertiary/aromatic N) is 2. The third-order valence-electron chi connectivity index (χ3n) is 6.80. The van der Waals surface area contributed by atoms with Gasteiger partial charge in [-0.1, -0.05) is 79.5 Å². The molecule has 2 amide bonds. The zero-order chi connectivity index (χ0) is 31.6. The van der Waals surface area contributed by atoms with E-state index in [1.54, 1.807) is 42.5 Å². The first-order chi connectivity index (χ1) is 20.4. The van der Waals surface area contributed by atoms with Gasteiger partial charge in [0.15, 0.2) is 0 Å². The molecule has 0 aliphatic carbocycles. The van der Waals surface area contributed by atoms with Crippen molar-refractivity contribution in [3.05, 3.63) is 94.0 Å². The summed E-state index contributed by atoms with van der Waals surface area (Å²) in [4.78, 5) is 29.1. The maximum absolute atomic E-state index is 14.0. The summed E-state index contributed by atoms with van der Waals surface area (Å²) in [5.41, 5.74) is 1.98. The van der Waals surface area contributed by atoms with Crippen LogP contribution in [0.1, 0.15) is 37.8 Å². The first-order valence-electron chi connectivity index (χ1n) is 14.1. The van der Waals surface area contributed by atoms with Crippen LogP contribution in [0.3, 0.4) is 0 Å². The fourth-order valence-corrected chi connectivity index (χ4v) is 6.00. The van der Waals surface area contributed by atoms with E-state index < -0.39 is 16.1 Å². The van der Waals surface area contributed by atoms with Gasteiger partial charge in [-0.2, -0.15) is 0 Å². The van der Waals surface area contributed by atoms with Crippen molar-refractivity contribution >= 4 is 50.7 Å². The van der Waals surface area contributed by atoms with E-state index in [-0.39, 0.29) is 43.7 Å². The van der Waals surface area contributed by atoms with Crippen molar-refractivity contribution in [1.29, 1.82) is 0 Å². The number of nitrogens with one attached hydrogen (secondary N) is 1. The van der Waals surface area contributed by atoms with Gasteiger partial charge in [0.2, 0.25) is 21.8 Å². The number of benzene rings is 3. The zero-order valence-corrected chi connectivity index (χ0v) is 27.3. The highest BCUT2D eigenvalue weighted by Gasteiger charge is 2.31. The lowest BCUT2D eigenvalue weighted by Crippen LogP contribution is -2.51. The number of halogens is 2. The molecule has 0 heterocycles. The molecule has 11 heteroatoms. The summed E-state index contributed by atoms with van der Waals surface area (Å²) in [6, 6.07) is 20.4. The van der Waals surface area contributed by atoms with E-state index >= 15 is 0 Å². The van der Waals surface area contributed by atoms with Crippen molar-refractivity contribution in [1.82, 2.24) is 10.2 Å². The second kappa shape index (κ2) is 16.0. The van der Waals surface area contributed by atoms with Crippen LogP contribution in [0.15, 0.2) is 72.8 Å². The fraction of sp³-hybridized carbons (Fsp3) is 0.375. The molecule has 1 N–H and O–H groups in total. The Morgan fingerprint density at radius 2 is 1.70 bits per heavy atom. The summed E-state index contributed by atoms with van der Waals surface area (Å²) >= 11 is 12.6. The highest BCUT2D eigenvalue weighted by molar-refractivity contribution is 7.92. The van der Waals surface area contributed by atoms with Gasteiger partial charge in [0.25, 0.3) is 0 Å². The molecule has 0 aliphatic rings. The number of anilines is 1. The van der Waals surface area contributed by atoms with E-state index in [1.807, 2.05) is 44.2 Å². The molecule has 43 heavy (non-hydrogen) atoms. The summed E-state index contributed by atoms with van der Waals surface area (Å²) < 4.78 is 31.9. The molecule has 0 unspecified atom stereocenters. The molecule has 3 aromatic rings. The number of hydrogen-bond acceptors (Lipinski definition) is 5. The summed E-state index contributed by atoms with van der Waals surface area (Å²) in [6.45, 7) is 4.60. The second-order valence-electron chi connectivity index (χ2n) is 10.7. The van der Waals surface area contributed by atoms with Crippen LogP contribution in [0.2, 0.25) is 10.0 Å². The van der Waals surface area contributed by atoms with Crippen LogP contribution < -0.4 is 14.4 Å². The van der Waals surface area contributed by atoms with Crippen LogP contribution in [0.4, 0.5) is 5.69 Å². The van der Waals surface area contributed by atoms with Crippen molar-refractivity contribution in [3.8, 4) is 5.75 Å². The van der Waals surface area contributed by atoms with Crippen LogP contribution >= 0.6 is 23.2 Å². The largest absolute Gasteiger partial charge is 0.497 e. The van der Waals surface area contributed by atoms with Crippen molar-refractivity contribution in [2.45, 2.75) is 45.7 Å². The SMILES string of the molecule is COc1cccc(N(CCCC(=O)N(Cc2ccc(Cl)cc2Cl)[C@@H](Cc2ccccc2)C(=O)NCC(C)C)S(C)(=O)=O)c1. The summed E-state index contributed by atoms with van der Waals surface area (Å²) in [6.07, 6.45) is 1.64. The quantitative estimate of drug-likeness (QED) is 0.220. The van der Waals surface area contributed by atoms with Gasteiger partial charge in [0.05, 0.1) is 19.1 Å². The number of carbonyl (C=O) groups excluding carboxylic acids is 2. The predicted molar refractivity (Wildman–Crippen MR) is 173 cm³/mol. The van der Waals surface area contributed by atoms with Crippen molar-refractivity contribution in [2.24, 2.45) is 5.92 Å². The number of ether oxygens (including phenoxy) is 1. The van der Waals surface area contributed by atoms with Gasteiger partial charge < -0.3 is 15.0 Å². The average Bonchev–Trinajstić information content (AvgIpc) is 2.96. The number of rotatable bonds is 15. The molecule has 3 aromatic carbocycles. The lowest BCUT2D eigenvalue weighted by atomic mass is 10.0. The van der Waals surface area contributed by atoms with Gasteiger partial charge >= 0.3 is 0 Å². The van der Waals surface area contributed by atoms with Crippen LogP contribution in [-0.4, -0.2) is 57.6 Å². The molecule has 1 atom stereocenters. The molecule has 0 fully saturated rings. The molecule has 232 valence electrons. The molecular weight excluding hydrogens is 609 g/mol. The predicted octanol–water partition coefficient (Wildman–Crippen LogP) is 5.96. The zero-order valence-electron chi connectivity index (χ0n) is 24.9. The lowest BCUT2D eigenvalue weighted by molar-refractivity contribution is -0.141. The lowest BCUT2D eigenvalue weighted by Gasteiger charge is -2.32. The van der Waals surface area contributed by atoms with E-state index in [0.29, 0.717) is 40.0 Å². The van der Waals surface area contributed by atoms with E-state index in [0.717, 1.165) is 11.8 Å². The van der Waals surface area contributed by atoms with Gasteiger partial charge in [0, 0.05) is 48.6 Å². The Balaban J connectivity index is 1.91. The van der Waals surface area contributed by atoms with E-state index in [9.17, 15) is 18.0 Å². The van der Waals surface area contributed by atoms with E-state index in [4.69, 9.17) is 27.9 Å². The Morgan fingerprint density at radius 3 is 2.33 bits per heavy atom. The molecule has 0 bridgehead atoms. The number of sulfonamides is 1. The Hall–Kier alpha value is -3.27. The van der Waals surface area contributed by atoms with Gasteiger partial charge in [-0.15, -0.1) is 0 Å². The molecule has 0 saturated carbocycles. The Bertz CT molecular complexity index is 1490. The highest BCUT2D eigenvalue weighted by atomic mass is 35.5. The summed E-state index contributed by atoms with van der Waals surface area (Å²) in [5.74, 6) is 0.162. The number of methoxy groups -OCH3 is 1. The van der Waals surface area contributed by atoms with Crippen molar-refractivity contribution < 1.29 is 22.7 Å². The first-order valence-corrected chi connectivity index (χ1v) is 16.7. The average molecular weight is 649 g/mol. The van der Waals surface area contributed by atoms with Crippen LogP contribution in [0, 0.1) is 5.92 Å². The Morgan fingerprint density at radius 1 is 0.977 bits per heavy atom. The third kappa shape index (κ3) is 10.4. The van der Waals surface area contributed by atoms with Crippen LogP contribution in [-0.2, 0) is 32.6 Å². The van der Waals surface area contributed by atoms with Gasteiger partial charge in [-0.3, -0.25) is 13.9 Å². The van der Waals surface area contributed by atoms with Gasteiger partial charge in [-0.25, -0.2) is 8.42 Å². The van der Waals surface area contributed by atoms with E-state index in [2.05, 4.69) is 5.32 Å². The maximum atomic E-state index is 14.0. The maximum Gasteiger partial charge on any atom is 0.243 e. The topological polar surface area (TPSA) is 96.0 Å².